The van der Waals surface area contributed by atoms with Crippen LogP contribution in [-0.4, -0.2) is 51.3 Å². The second kappa shape index (κ2) is 7.75. The van der Waals surface area contributed by atoms with Gasteiger partial charge in [-0.2, -0.15) is 9.78 Å². The minimum Gasteiger partial charge on any atom is -0.368 e. The normalized spacial score (nSPS) is 14.2. The lowest BCUT2D eigenvalue weighted by Crippen LogP contribution is -2.49. The van der Waals surface area contributed by atoms with Crippen LogP contribution < -0.4 is 10.5 Å². The first kappa shape index (κ1) is 19.1. The standard InChI is InChI=1S/C24H23N5O2/c1-26-16-20(22-21(17-26)24(31)29(25-22)19-10-6-3-7-11-19)23(30)28-14-12-27(13-15-28)18-8-4-2-5-9-18/h2-11,16-17H,12-15H2,1H3. The van der Waals surface area contributed by atoms with E-state index in [1.165, 1.54) is 10.4 Å². The van der Waals surface area contributed by atoms with Gasteiger partial charge in [0.05, 0.1) is 16.8 Å². The third-order valence-corrected chi connectivity index (χ3v) is 5.72. The van der Waals surface area contributed by atoms with E-state index >= 15 is 0 Å². The van der Waals surface area contributed by atoms with Crippen LogP contribution in [0.2, 0.25) is 0 Å². The Morgan fingerprint density at radius 1 is 0.839 bits per heavy atom. The van der Waals surface area contributed by atoms with E-state index in [1.54, 1.807) is 17.0 Å². The number of carbonyl (C=O) groups is 1. The van der Waals surface area contributed by atoms with Gasteiger partial charge in [0.15, 0.2) is 0 Å². The molecule has 1 fully saturated rings. The third-order valence-electron chi connectivity index (χ3n) is 5.72. The molecule has 2 aromatic rings. The minimum atomic E-state index is -0.222. The molecule has 0 unspecified atom stereocenters. The molecule has 0 aliphatic carbocycles. The van der Waals surface area contributed by atoms with E-state index < -0.39 is 0 Å². The number of benzene rings is 2. The number of pyridine rings is 1. The summed E-state index contributed by atoms with van der Waals surface area (Å²) < 4.78 is 3.13. The number of hydrogen-bond acceptors (Lipinski definition) is 4. The van der Waals surface area contributed by atoms with Gasteiger partial charge in [0.25, 0.3) is 11.5 Å². The minimum absolute atomic E-state index is 0.0911. The summed E-state index contributed by atoms with van der Waals surface area (Å²) in [6.07, 6.45) is 3.49. The fourth-order valence-electron chi connectivity index (χ4n) is 4.11. The summed E-state index contributed by atoms with van der Waals surface area (Å²) in [6, 6.07) is 19.5. The molecule has 0 saturated carbocycles. The van der Waals surface area contributed by atoms with Crippen molar-refractivity contribution in [2.45, 2.75) is 0 Å². The first-order chi connectivity index (χ1) is 15.1. The van der Waals surface area contributed by atoms with Gasteiger partial charge >= 0.3 is 0 Å². The molecule has 1 amide bonds. The zero-order valence-electron chi connectivity index (χ0n) is 17.3. The number of para-hydroxylation sites is 2. The summed E-state index contributed by atoms with van der Waals surface area (Å²) in [5.74, 6) is -0.0911. The maximum atomic E-state index is 13.4. The number of carbonyl (C=O) groups excluding carboxylic acids is 1. The fraction of sp³-hybridized carbons (Fsp3) is 0.208. The van der Waals surface area contributed by atoms with Gasteiger partial charge in [0, 0.05) is 51.3 Å². The Hall–Kier alpha value is -3.87. The van der Waals surface area contributed by atoms with Crippen molar-refractivity contribution in [3.05, 3.63) is 89.0 Å². The molecule has 1 saturated heterocycles. The van der Waals surface area contributed by atoms with Gasteiger partial charge in [-0.3, -0.25) is 9.59 Å². The van der Waals surface area contributed by atoms with Gasteiger partial charge < -0.3 is 14.4 Å². The Bertz CT molecular complexity index is 1240. The lowest BCUT2D eigenvalue weighted by molar-refractivity contribution is 0.0746. The molecule has 156 valence electrons. The zero-order valence-corrected chi connectivity index (χ0v) is 17.3. The van der Waals surface area contributed by atoms with E-state index in [0.717, 1.165) is 13.1 Å². The number of aryl methyl sites for hydroxylation is 1. The molecule has 3 aliphatic rings. The maximum absolute atomic E-state index is 13.4. The van der Waals surface area contributed by atoms with Crippen LogP contribution in [0.1, 0.15) is 10.4 Å². The molecular formula is C24H23N5O2. The molecule has 0 N–H and O–H groups in total. The molecule has 0 aromatic heterocycles. The number of nitrogens with zero attached hydrogens (tertiary/aromatic N) is 5. The lowest BCUT2D eigenvalue weighted by Gasteiger charge is -2.36. The van der Waals surface area contributed by atoms with E-state index in [2.05, 4.69) is 22.1 Å². The Balaban J connectivity index is 1.45. The highest BCUT2D eigenvalue weighted by Crippen LogP contribution is 2.24. The van der Waals surface area contributed by atoms with Crippen molar-refractivity contribution in [1.29, 1.82) is 0 Å². The average Bonchev–Trinajstić information content (AvgIpc) is 3.15. The van der Waals surface area contributed by atoms with Gasteiger partial charge in [-0.25, -0.2) is 0 Å². The number of aromatic nitrogens is 3. The molecule has 3 aliphatic heterocycles. The van der Waals surface area contributed by atoms with Crippen LogP contribution in [0.3, 0.4) is 0 Å². The number of amides is 1. The van der Waals surface area contributed by atoms with Crippen LogP contribution in [0.15, 0.2) is 77.9 Å². The Kier molecular flexibility index (Phi) is 4.78. The molecule has 2 aromatic carbocycles. The first-order valence-electron chi connectivity index (χ1n) is 10.4. The van der Waals surface area contributed by atoms with Crippen LogP contribution >= 0.6 is 0 Å². The smallest absolute Gasteiger partial charge is 0.282 e. The predicted molar refractivity (Wildman–Crippen MR) is 120 cm³/mol. The molecule has 0 atom stereocenters. The summed E-state index contributed by atoms with van der Waals surface area (Å²) in [5, 5.41) is 4.53. The van der Waals surface area contributed by atoms with Crippen LogP contribution in [0.5, 0.6) is 0 Å². The zero-order chi connectivity index (χ0) is 21.4. The second-order valence-electron chi connectivity index (χ2n) is 7.77. The lowest BCUT2D eigenvalue weighted by atomic mass is 10.1. The van der Waals surface area contributed by atoms with E-state index in [-0.39, 0.29) is 11.5 Å². The van der Waals surface area contributed by atoms with Gasteiger partial charge in [-0.15, -0.1) is 0 Å². The van der Waals surface area contributed by atoms with Crippen molar-refractivity contribution >= 4 is 11.6 Å². The molecule has 5 rings (SSSR count). The summed E-state index contributed by atoms with van der Waals surface area (Å²) in [7, 11) is 1.82. The van der Waals surface area contributed by atoms with Crippen molar-refractivity contribution < 1.29 is 4.79 Å². The molecule has 31 heavy (non-hydrogen) atoms. The molecule has 0 spiro atoms. The van der Waals surface area contributed by atoms with Crippen LogP contribution in [-0.2, 0) is 7.05 Å². The molecule has 3 heterocycles. The van der Waals surface area contributed by atoms with Gasteiger partial charge in [0.2, 0.25) is 0 Å². The van der Waals surface area contributed by atoms with Gasteiger partial charge in [-0.1, -0.05) is 36.4 Å². The number of rotatable bonds is 3. The molecule has 7 nitrogen and oxygen atoms in total. The molecule has 7 heteroatoms. The summed E-state index contributed by atoms with van der Waals surface area (Å²) in [6.45, 7) is 2.78. The van der Waals surface area contributed by atoms with E-state index in [9.17, 15) is 9.59 Å². The molecular weight excluding hydrogens is 390 g/mol. The number of fused-ring (bicyclic) bond motifs is 1. The highest BCUT2D eigenvalue weighted by atomic mass is 16.2. The number of anilines is 1. The summed E-state index contributed by atoms with van der Waals surface area (Å²) in [4.78, 5) is 30.5. The summed E-state index contributed by atoms with van der Waals surface area (Å²) in [5.41, 5.74) is 2.98. The van der Waals surface area contributed by atoms with Gasteiger partial charge in [0.1, 0.15) is 5.69 Å². The Morgan fingerprint density at radius 3 is 2.10 bits per heavy atom. The Morgan fingerprint density at radius 2 is 1.45 bits per heavy atom. The second-order valence-corrected chi connectivity index (χ2v) is 7.77. The monoisotopic (exact) mass is 413 g/mol. The van der Waals surface area contributed by atoms with Crippen molar-refractivity contribution in [2.75, 3.05) is 31.1 Å². The van der Waals surface area contributed by atoms with Crippen molar-refractivity contribution in [1.82, 2.24) is 19.2 Å². The van der Waals surface area contributed by atoms with Gasteiger partial charge in [-0.05, 0) is 24.3 Å². The predicted octanol–water partition coefficient (Wildman–Crippen LogP) is 2.64. The SMILES string of the molecule is Cn1cc(C(=O)N2CCN(c3ccccc3)CC2)c2nn(-c3ccccc3)c(=O)c-2c1. The van der Waals surface area contributed by atoms with Crippen LogP contribution in [0.4, 0.5) is 5.69 Å². The molecule has 0 radical (unpaired) electrons. The topological polar surface area (TPSA) is 63.4 Å². The van der Waals surface area contributed by atoms with Crippen LogP contribution in [0.25, 0.3) is 16.9 Å². The molecule has 0 bridgehead atoms. The largest absolute Gasteiger partial charge is 0.368 e. The fourth-order valence-corrected chi connectivity index (χ4v) is 4.11. The quantitative estimate of drug-likeness (QED) is 0.518. The highest BCUT2D eigenvalue weighted by molar-refractivity contribution is 6.00. The average molecular weight is 413 g/mol. The first-order valence-corrected chi connectivity index (χ1v) is 10.4. The maximum Gasteiger partial charge on any atom is 0.282 e. The van der Waals surface area contributed by atoms with E-state index in [1.807, 2.05) is 60.5 Å². The third kappa shape index (κ3) is 3.48. The summed E-state index contributed by atoms with van der Waals surface area (Å²) >= 11 is 0. The van der Waals surface area contributed by atoms with Crippen molar-refractivity contribution in [3.63, 3.8) is 0 Å². The highest BCUT2D eigenvalue weighted by Gasteiger charge is 2.28. The van der Waals surface area contributed by atoms with Crippen molar-refractivity contribution in [3.8, 4) is 16.9 Å². The number of hydrogen-bond donors (Lipinski definition) is 0. The van der Waals surface area contributed by atoms with E-state index in [4.69, 9.17) is 0 Å². The van der Waals surface area contributed by atoms with Crippen LogP contribution in [0, 0.1) is 0 Å². The van der Waals surface area contributed by atoms with Crippen molar-refractivity contribution in [2.24, 2.45) is 7.05 Å². The Labute approximate surface area is 180 Å². The van der Waals surface area contributed by atoms with E-state index in [0.29, 0.717) is 35.6 Å². The number of piperazine rings is 1.